The molecule has 0 aliphatic heterocycles. The predicted molar refractivity (Wildman–Crippen MR) is 145 cm³/mol. The van der Waals surface area contributed by atoms with Crippen LogP contribution in [0.1, 0.15) is 52.0 Å². The Hall–Kier alpha value is -3.51. The van der Waals surface area contributed by atoms with Gasteiger partial charge in [0.2, 0.25) is 10.0 Å². The van der Waals surface area contributed by atoms with Gasteiger partial charge in [0, 0.05) is 24.7 Å². The molecule has 0 spiro atoms. The van der Waals surface area contributed by atoms with Crippen molar-refractivity contribution in [1.29, 1.82) is 0 Å². The lowest BCUT2D eigenvalue weighted by Crippen LogP contribution is -2.46. The lowest BCUT2D eigenvalue weighted by molar-refractivity contribution is -0.384. The van der Waals surface area contributed by atoms with Gasteiger partial charge in [0.15, 0.2) is 0 Å². The number of esters is 1. The van der Waals surface area contributed by atoms with E-state index in [2.05, 4.69) is 5.32 Å². The minimum Gasteiger partial charge on any atom is -0.468 e. The van der Waals surface area contributed by atoms with E-state index >= 15 is 0 Å². The topological polar surface area (TPSA) is 145 Å². The summed E-state index contributed by atoms with van der Waals surface area (Å²) in [6, 6.07) is 12.4. The summed E-state index contributed by atoms with van der Waals surface area (Å²) in [5.41, 5.74) is 0.618. The minimum absolute atomic E-state index is 0.0658. The van der Waals surface area contributed by atoms with Gasteiger partial charge in [0.1, 0.15) is 12.6 Å². The van der Waals surface area contributed by atoms with Crippen molar-refractivity contribution in [2.24, 2.45) is 5.92 Å². The molecule has 0 fully saturated rings. The summed E-state index contributed by atoms with van der Waals surface area (Å²) in [5, 5.41) is 13.7. The van der Waals surface area contributed by atoms with Crippen LogP contribution >= 0.6 is 0 Å². The smallest absolute Gasteiger partial charge is 0.407 e. The molecule has 39 heavy (non-hydrogen) atoms. The SMILES string of the molecule is COC(=O)[C@H](CCCC(C)NC(=O)OCc1ccccc1)N(CCC(C)C)S(=O)(=O)c1ccc([N+](=O)[O-])cc1. The number of nitro benzene ring substituents is 1. The summed E-state index contributed by atoms with van der Waals surface area (Å²) in [7, 11) is -2.98. The van der Waals surface area contributed by atoms with E-state index in [-0.39, 0.29) is 42.1 Å². The summed E-state index contributed by atoms with van der Waals surface area (Å²) < 4.78 is 38.5. The first-order valence-electron chi connectivity index (χ1n) is 12.8. The zero-order valence-corrected chi connectivity index (χ0v) is 23.6. The quantitative estimate of drug-likeness (QED) is 0.187. The number of nitro groups is 1. The molecule has 0 bridgehead atoms. The first kappa shape index (κ1) is 31.7. The van der Waals surface area contributed by atoms with Crippen LogP contribution in [0.4, 0.5) is 10.5 Å². The number of ether oxygens (including phenoxy) is 2. The molecule has 0 aliphatic rings. The fraction of sp³-hybridized carbons (Fsp3) is 0.481. The van der Waals surface area contributed by atoms with Gasteiger partial charge < -0.3 is 14.8 Å². The number of nitrogens with zero attached hydrogens (tertiary/aromatic N) is 2. The number of rotatable bonds is 15. The molecule has 11 nitrogen and oxygen atoms in total. The van der Waals surface area contributed by atoms with Crippen LogP contribution in [0, 0.1) is 16.0 Å². The largest absolute Gasteiger partial charge is 0.468 e. The van der Waals surface area contributed by atoms with Crippen LogP contribution < -0.4 is 5.32 Å². The van der Waals surface area contributed by atoms with Crippen LogP contribution in [0.25, 0.3) is 0 Å². The van der Waals surface area contributed by atoms with E-state index in [1.165, 1.54) is 7.11 Å². The van der Waals surface area contributed by atoms with Crippen molar-refractivity contribution in [1.82, 2.24) is 9.62 Å². The maximum atomic E-state index is 13.6. The van der Waals surface area contributed by atoms with E-state index in [4.69, 9.17) is 9.47 Å². The van der Waals surface area contributed by atoms with E-state index in [9.17, 15) is 28.1 Å². The van der Waals surface area contributed by atoms with Gasteiger partial charge in [-0.15, -0.1) is 0 Å². The van der Waals surface area contributed by atoms with Crippen molar-refractivity contribution < 1.29 is 32.4 Å². The summed E-state index contributed by atoms with van der Waals surface area (Å²) in [4.78, 5) is 35.2. The van der Waals surface area contributed by atoms with E-state index in [0.29, 0.717) is 19.3 Å². The van der Waals surface area contributed by atoms with Crippen LogP contribution in [0.3, 0.4) is 0 Å². The number of non-ortho nitro benzene ring substituents is 1. The number of hydrogen-bond acceptors (Lipinski definition) is 8. The fourth-order valence-electron chi connectivity index (χ4n) is 3.88. The molecule has 0 saturated heterocycles. The van der Waals surface area contributed by atoms with Gasteiger partial charge in [0.05, 0.1) is 16.9 Å². The summed E-state index contributed by atoms with van der Waals surface area (Å²) in [6.07, 6.45) is 0.944. The average molecular weight is 564 g/mol. The maximum Gasteiger partial charge on any atom is 0.407 e. The first-order valence-corrected chi connectivity index (χ1v) is 14.2. The fourth-order valence-corrected chi connectivity index (χ4v) is 5.50. The molecule has 0 aromatic heterocycles. The number of carbonyl (C=O) groups excluding carboxylic acids is 2. The van der Waals surface area contributed by atoms with Crippen molar-refractivity contribution in [2.45, 2.75) is 70.0 Å². The molecular weight excluding hydrogens is 526 g/mol. The Labute approximate surface area is 229 Å². The van der Waals surface area contributed by atoms with Gasteiger partial charge in [-0.05, 0) is 56.2 Å². The van der Waals surface area contributed by atoms with Gasteiger partial charge in [-0.3, -0.25) is 14.9 Å². The number of hydrogen-bond donors (Lipinski definition) is 1. The van der Waals surface area contributed by atoms with Crippen LogP contribution in [-0.4, -0.2) is 55.4 Å². The Balaban J connectivity index is 2.10. The number of benzene rings is 2. The number of carbonyl (C=O) groups is 2. The first-order chi connectivity index (χ1) is 18.4. The Bertz CT molecular complexity index is 1190. The van der Waals surface area contributed by atoms with Crippen molar-refractivity contribution in [3.05, 3.63) is 70.3 Å². The molecule has 2 aromatic rings. The number of alkyl carbamates (subject to hydrolysis) is 1. The summed E-state index contributed by atoms with van der Waals surface area (Å²) >= 11 is 0. The number of methoxy groups -OCH3 is 1. The lowest BCUT2D eigenvalue weighted by atomic mass is 10.1. The monoisotopic (exact) mass is 563 g/mol. The molecule has 0 heterocycles. The molecule has 2 rings (SSSR count). The molecular formula is C27H37N3O8S. The van der Waals surface area contributed by atoms with E-state index in [0.717, 1.165) is 34.1 Å². The Morgan fingerprint density at radius 1 is 1.00 bits per heavy atom. The van der Waals surface area contributed by atoms with Gasteiger partial charge in [-0.2, -0.15) is 4.31 Å². The maximum absolute atomic E-state index is 13.6. The molecule has 1 amide bonds. The standard InChI is InChI=1S/C27H37N3O8S/c1-20(2)17-18-29(39(35,36)24-15-13-23(14-16-24)30(33)34)25(26(31)37-4)12-8-9-21(3)28-27(32)38-19-22-10-6-5-7-11-22/h5-7,10-11,13-16,20-21,25H,8-9,12,17-19H2,1-4H3,(H,28,32)/t21?,25-/m0/s1. The van der Waals surface area contributed by atoms with Crippen molar-refractivity contribution in [3.63, 3.8) is 0 Å². The third kappa shape index (κ3) is 9.95. The zero-order chi connectivity index (χ0) is 29.0. The molecule has 12 heteroatoms. The van der Waals surface area contributed by atoms with Gasteiger partial charge in [-0.25, -0.2) is 13.2 Å². The molecule has 0 radical (unpaired) electrons. The Morgan fingerprint density at radius 2 is 1.64 bits per heavy atom. The van der Waals surface area contributed by atoms with Crippen molar-refractivity contribution in [3.8, 4) is 0 Å². The van der Waals surface area contributed by atoms with Gasteiger partial charge in [0.25, 0.3) is 5.69 Å². The van der Waals surface area contributed by atoms with Gasteiger partial charge in [-0.1, -0.05) is 44.2 Å². The second kappa shape index (κ2) is 15.2. The number of nitrogens with one attached hydrogen (secondary N) is 1. The molecule has 2 atom stereocenters. The third-order valence-corrected chi connectivity index (χ3v) is 8.02. The van der Waals surface area contributed by atoms with E-state index < -0.39 is 33.1 Å². The molecule has 214 valence electrons. The third-order valence-electron chi connectivity index (χ3n) is 6.09. The predicted octanol–water partition coefficient (Wildman–Crippen LogP) is 4.66. The number of sulfonamides is 1. The minimum atomic E-state index is -4.18. The molecule has 2 aromatic carbocycles. The van der Waals surface area contributed by atoms with Crippen LogP contribution in [0.5, 0.6) is 0 Å². The highest BCUT2D eigenvalue weighted by Crippen LogP contribution is 2.25. The second-order valence-electron chi connectivity index (χ2n) is 9.63. The van der Waals surface area contributed by atoms with Gasteiger partial charge >= 0.3 is 12.1 Å². The normalized spacial score (nSPS) is 13.1. The van der Waals surface area contributed by atoms with E-state index in [1.54, 1.807) is 6.92 Å². The summed E-state index contributed by atoms with van der Waals surface area (Å²) in [6.45, 7) is 5.87. The molecule has 1 unspecified atom stereocenters. The lowest BCUT2D eigenvalue weighted by Gasteiger charge is -2.30. The van der Waals surface area contributed by atoms with Crippen molar-refractivity contribution in [2.75, 3.05) is 13.7 Å². The highest BCUT2D eigenvalue weighted by Gasteiger charge is 2.36. The molecule has 0 saturated carbocycles. The molecule has 1 N–H and O–H groups in total. The summed E-state index contributed by atoms with van der Waals surface area (Å²) in [5.74, 6) is -0.545. The average Bonchev–Trinajstić information content (AvgIpc) is 2.90. The second-order valence-corrected chi connectivity index (χ2v) is 11.5. The van der Waals surface area contributed by atoms with Crippen LogP contribution in [-0.2, 0) is 30.9 Å². The van der Waals surface area contributed by atoms with Crippen molar-refractivity contribution >= 4 is 27.8 Å². The Morgan fingerprint density at radius 3 is 2.21 bits per heavy atom. The molecule has 0 aliphatic carbocycles. The van der Waals surface area contributed by atoms with Crippen LogP contribution in [0.2, 0.25) is 0 Å². The number of amides is 1. The highest BCUT2D eigenvalue weighted by atomic mass is 32.2. The zero-order valence-electron chi connectivity index (χ0n) is 22.7. The van der Waals surface area contributed by atoms with Crippen LogP contribution in [0.15, 0.2) is 59.5 Å². The van der Waals surface area contributed by atoms with E-state index in [1.807, 2.05) is 44.2 Å². The highest BCUT2D eigenvalue weighted by molar-refractivity contribution is 7.89. The Kier molecular flexibility index (Phi) is 12.3.